The van der Waals surface area contributed by atoms with Gasteiger partial charge in [-0.1, -0.05) is 26.7 Å². The Morgan fingerprint density at radius 2 is 1.97 bits per heavy atom. The normalized spacial score (nSPS) is 43.2. The second-order valence-corrected chi connectivity index (χ2v) is 11.1. The van der Waals surface area contributed by atoms with Gasteiger partial charge in [-0.2, -0.15) is 5.10 Å². The summed E-state index contributed by atoms with van der Waals surface area (Å²) in [5.74, 6) is 3.54. The van der Waals surface area contributed by atoms with Crippen molar-refractivity contribution in [3.05, 3.63) is 23.0 Å². The topological polar surface area (TPSA) is 34.9 Å². The average molecular weight is 395 g/mol. The summed E-state index contributed by atoms with van der Waals surface area (Å²) in [7, 11) is 0. The number of allylic oxidation sites excluding steroid dienone is 1. The van der Waals surface area contributed by atoms with E-state index in [4.69, 9.17) is 0 Å². The van der Waals surface area contributed by atoms with Crippen LogP contribution in [-0.2, 0) is 11.3 Å². The van der Waals surface area contributed by atoms with Crippen LogP contribution < -0.4 is 0 Å². The molecule has 0 spiro atoms. The molecule has 0 unspecified atom stereocenters. The lowest BCUT2D eigenvalue weighted by Crippen LogP contribution is -2.52. The van der Waals surface area contributed by atoms with Gasteiger partial charge in [-0.25, -0.2) is 0 Å². The predicted octanol–water partition coefficient (Wildman–Crippen LogP) is 6.21. The van der Waals surface area contributed by atoms with Crippen molar-refractivity contribution in [1.82, 2.24) is 9.78 Å². The number of rotatable bonds is 2. The van der Waals surface area contributed by atoms with Crippen LogP contribution in [0.25, 0.3) is 6.08 Å². The van der Waals surface area contributed by atoms with Gasteiger partial charge in [0.2, 0.25) is 0 Å². The maximum atomic E-state index is 13.6. The molecule has 0 bridgehead atoms. The lowest BCUT2D eigenvalue weighted by atomic mass is 9.45. The van der Waals surface area contributed by atoms with E-state index in [0.29, 0.717) is 17.1 Å². The Balaban J connectivity index is 1.46. The molecule has 1 aromatic rings. The number of Topliss-reactive ketones (excluding diaryl/α,β-unsaturated/α-hetero) is 1. The van der Waals surface area contributed by atoms with Crippen LogP contribution in [0.1, 0.15) is 89.8 Å². The van der Waals surface area contributed by atoms with E-state index in [1.165, 1.54) is 44.9 Å². The van der Waals surface area contributed by atoms with E-state index in [-0.39, 0.29) is 5.41 Å². The zero-order chi connectivity index (χ0) is 20.4. The summed E-state index contributed by atoms with van der Waals surface area (Å²) in [5.41, 5.74) is 3.67. The number of carbonyl (C=O) groups is 1. The second kappa shape index (κ2) is 6.82. The molecular weight excluding hydrogens is 356 g/mol. The summed E-state index contributed by atoms with van der Waals surface area (Å²) in [4.78, 5) is 13.6. The molecule has 1 aromatic heterocycles. The molecule has 0 amide bonds. The molecule has 5 rings (SSSR count). The van der Waals surface area contributed by atoms with E-state index in [1.54, 1.807) is 0 Å². The van der Waals surface area contributed by atoms with Gasteiger partial charge in [-0.15, -0.1) is 0 Å². The molecule has 158 valence electrons. The van der Waals surface area contributed by atoms with Gasteiger partial charge < -0.3 is 0 Å². The van der Waals surface area contributed by atoms with E-state index in [1.807, 2.05) is 4.68 Å². The number of fused-ring (bicyclic) bond motifs is 5. The first-order valence-corrected chi connectivity index (χ1v) is 12.2. The summed E-state index contributed by atoms with van der Waals surface area (Å²) in [6, 6.07) is 0. The van der Waals surface area contributed by atoms with Gasteiger partial charge in [-0.3, -0.25) is 9.48 Å². The number of hydrogen-bond acceptors (Lipinski definition) is 2. The van der Waals surface area contributed by atoms with Gasteiger partial charge >= 0.3 is 0 Å². The van der Waals surface area contributed by atoms with Crippen LogP contribution in [-0.4, -0.2) is 15.6 Å². The van der Waals surface area contributed by atoms with Gasteiger partial charge in [0.1, 0.15) is 0 Å². The highest BCUT2D eigenvalue weighted by Gasteiger charge is 2.60. The van der Waals surface area contributed by atoms with E-state index in [2.05, 4.69) is 45.1 Å². The van der Waals surface area contributed by atoms with E-state index in [9.17, 15) is 4.79 Å². The van der Waals surface area contributed by atoms with E-state index >= 15 is 0 Å². The molecule has 0 N–H and O–H groups in total. The van der Waals surface area contributed by atoms with Crippen LogP contribution in [0, 0.1) is 41.4 Å². The molecule has 0 saturated heterocycles. The van der Waals surface area contributed by atoms with Gasteiger partial charge in [0.15, 0.2) is 5.78 Å². The molecule has 29 heavy (non-hydrogen) atoms. The number of ketones is 1. The maximum absolute atomic E-state index is 13.6. The van der Waals surface area contributed by atoms with E-state index < -0.39 is 0 Å². The first-order valence-electron chi connectivity index (χ1n) is 12.2. The van der Waals surface area contributed by atoms with Crippen LogP contribution in [0.5, 0.6) is 0 Å². The van der Waals surface area contributed by atoms with Crippen molar-refractivity contribution in [3.63, 3.8) is 0 Å². The molecule has 6 atom stereocenters. The molecule has 3 heteroatoms. The van der Waals surface area contributed by atoms with Crippen molar-refractivity contribution < 1.29 is 4.79 Å². The van der Waals surface area contributed by atoms with E-state index in [0.717, 1.165) is 54.0 Å². The highest BCUT2D eigenvalue weighted by atomic mass is 16.1. The third-order valence-electron chi connectivity index (χ3n) is 9.86. The molecule has 4 aliphatic carbocycles. The minimum atomic E-state index is -0.125. The summed E-state index contributed by atoms with van der Waals surface area (Å²) in [5, 5.41) is 4.58. The Morgan fingerprint density at radius 3 is 2.72 bits per heavy atom. The molecule has 4 aliphatic rings. The molecule has 3 nitrogen and oxygen atoms in total. The SMILES string of the molecule is CCn1cc(/C=C2\C[C@@H]3[C@H]4CC[C@H]5CCCC[C@]5(C)[C@@H]4CC[C@]3(C)C2=O)c(C)n1. The van der Waals surface area contributed by atoms with Crippen molar-refractivity contribution in [2.45, 2.75) is 92.0 Å². The van der Waals surface area contributed by atoms with Crippen molar-refractivity contribution >= 4 is 11.9 Å². The van der Waals surface area contributed by atoms with Gasteiger partial charge in [0, 0.05) is 23.7 Å². The monoisotopic (exact) mass is 394 g/mol. The van der Waals surface area contributed by atoms with Gasteiger partial charge in [0.05, 0.1) is 5.69 Å². The Morgan fingerprint density at radius 1 is 1.14 bits per heavy atom. The Hall–Kier alpha value is -1.38. The van der Waals surface area contributed by atoms with Crippen LogP contribution in [0.15, 0.2) is 11.8 Å². The highest BCUT2D eigenvalue weighted by Crippen LogP contribution is 2.66. The standard InChI is InChI=1S/C26H38N2O/c1-5-28-16-19(17(2)27-28)14-18-15-23-21-10-9-20-8-6-7-12-25(20,3)22(21)11-13-26(23,4)24(18)29/h14,16,20-23H,5-13,15H2,1-4H3/b18-14+/t20-,21+,22-,23-,25+,26+/m1/s1. The molecule has 1 heterocycles. The Kier molecular flexibility index (Phi) is 4.60. The lowest BCUT2D eigenvalue weighted by Gasteiger charge is -2.59. The van der Waals surface area contributed by atoms with Crippen molar-refractivity contribution in [3.8, 4) is 0 Å². The summed E-state index contributed by atoms with van der Waals surface area (Å²) >= 11 is 0. The fourth-order valence-electron chi connectivity index (χ4n) is 8.12. The Bertz CT molecular complexity index is 851. The number of carbonyl (C=O) groups excluding carboxylic acids is 1. The second-order valence-electron chi connectivity index (χ2n) is 11.1. The zero-order valence-corrected chi connectivity index (χ0v) is 18.8. The molecule has 4 fully saturated rings. The van der Waals surface area contributed by atoms with Crippen LogP contribution in [0.2, 0.25) is 0 Å². The maximum Gasteiger partial charge on any atom is 0.165 e. The fraction of sp³-hybridized carbons (Fsp3) is 0.769. The zero-order valence-electron chi connectivity index (χ0n) is 18.8. The molecule has 4 saturated carbocycles. The van der Waals surface area contributed by atoms with Gasteiger partial charge in [0.25, 0.3) is 0 Å². The van der Waals surface area contributed by atoms with Gasteiger partial charge in [-0.05, 0) is 99.5 Å². The van der Waals surface area contributed by atoms with Crippen LogP contribution in [0.4, 0.5) is 0 Å². The summed E-state index contributed by atoms with van der Waals surface area (Å²) in [6.45, 7) is 9.97. The summed E-state index contributed by atoms with van der Waals surface area (Å²) in [6.07, 6.45) is 16.2. The predicted molar refractivity (Wildman–Crippen MR) is 117 cm³/mol. The number of hydrogen-bond donors (Lipinski definition) is 0. The highest BCUT2D eigenvalue weighted by molar-refractivity contribution is 6.06. The number of aryl methyl sites for hydroxylation is 2. The molecule has 0 aromatic carbocycles. The minimum absolute atomic E-state index is 0.125. The lowest BCUT2D eigenvalue weighted by molar-refractivity contribution is -0.137. The first-order chi connectivity index (χ1) is 13.9. The van der Waals surface area contributed by atoms with Crippen LogP contribution in [0.3, 0.4) is 0 Å². The van der Waals surface area contributed by atoms with Crippen molar-refractivity contribution in [2.75, 3.05) is 0 Å². The number of nitrogens with zero attached hydrogens (tertiary/aromatic N) is 2. The quantitative estimate of drug-likeness (QED) is 0.559. The smallest absolute Gasteiger partial charge is 0.165 e. The molecule has 0 radical (unpaired) electrons. The largest absolute Gasteiger partial charge is 0.294 e. The third-order valence-corrected chi connectivity index (χ3v) is 9.86. The van der Waals surface area contributed by atoms with Crippen LogP contribution >= 0.6 is 0 Å². The van der Waals surface area contributed by atoms with Crippen molar-refractivity contribution in [1.29, 1.82) is 0 Å². The third kappa shape index (κ3) is 2.82. The molecule has 0 aliphatic heterocycles. The minimum Gasteiger partial charge on any atom is -0.294 e. The average Bonchev–Trinajstić information content (AvgIpc) is 3.19. The molecular formula is C26H38N2O. The first kappa shape index (κ1) is 19.6. The van der Waals surface area contributed by atoms with Crippen molar-refractivity contribution in [2.24, 2.45) is 34.5 Å². The summed E-state index contributed by atoms with van der Waals surface area (Å²) < 4.78 is 1.98. The Labute approximate surface area is 176 Å². The fourth-order valence-corrected chi connectivity index (χ4v) is 8.12. The number of aromatic nitrogens is 2.